The molecule has 0 radical (unpaired) electrons. The summed E-state index contributed by atoms with van der Waals surface area (Å²) in [5.74, 6) is 0. The highest BCUT2D eigenvalue weighted by atomic mass is 14.4. The maximum absolute atomic E-state index is 3.90. The lowest BCUT2D eigenvalue weighted by molar-refractivity contribution is 0.177. The molecule has 0 saturated carbocycles. The first kappa shape index (κ1) is 11.6. The van der Waals surface area contributed by atoms with Crippen LogP contribution in [-0.4, -0.2) is 6.71 Å². The van der Waals surface area contributed by atoms with Crippen molar-refractivity contribution >= 4 is 6.71 Å². The second kappa shape index (κ2) is 3.60. The van der Waals surface area contributed by atoms with Crippen molar-refractivity contribution in [2.24, 2.45) is 10.8 Å². The van der Waals surface area contributed by atoms with Gasteiger partial charge >= 0.3 is 0 Å². The molecule has 1 aliphatic rings. The average molecular weight is 190 g/mol. The SMILES string of the molecule is C=C/C(=C\C)B1CC(C)(C)C(C)(C)C1. The van der Waals surface area contributed by atoms with Crippen molar-refractivity contribution in [2.75, 3.05) is 0 Å². The molecule has 0 N–H and O–H groups in total. The smallest absolute Gasteiger partial charge is 0.0996 e. The van der Waals surface area contributed by atoms with Gasteiger partial charge in [-0.3, -0.25) is 0 Å². The van der Waals surface area contributed by atoms with E-state index in [1.54, 1.807) is 0 Å². The topological polar surface area (TPSA) is 0 Å². The van der Waals surface area contributed by atoms with Crippen LogP contribution in [0.3, 0.4) is 0 Å². The fourth-order valence-corrected chi connectivity index (χ4v) is 2.61. The fourth-order valence-electron chi connectivity index (χ4n) is 2.61. The molecule has 1 saturated heterocycles. The molecule has 0 atom stereocenters. The van der Waals surface area contributed by atoms with Gasteiger partial charge in [0.2, 0.25) is 0 Å². The summed E-state index contributed by atoms with van der Waals surface area (Å²) in [7, 11) is 0. The molecule has 0 bridgehead atoms. The zero-order valence-electron chi connectivity index (χ0n) is 10.4. The summed E-state index contributed by atoms with van der Waals surface area (Å²) in [5.41, 5.74) is 2.34. The lowest BCUT2D eigenvalue weighted by atomic mass is 9.41. The minimum atomic E-state index is 0.453. The Morgan fingerprint density at radius 2 is 1.57 bits per heavy atom. The maximum atomic E-state index is 3.90. The third-order valence-electron chi connectivity index (χ3n) is 4.39. The van der Waals surface area contributed by atoms with Crippen LogP contribution in [0.25, 0.3) is 0 Å². The molecule has 0 aromatic rings. The Kier molecular flexibility index (Phi) is 2.99. The van der Waals surface area contributed by atoms with Crippen molar-refractivity contribution < 1.29 is 0 Å². The van der Waals surface area contributed by atoms with Crippen molar-refractivity contribution in [3.05, 3.63) is 24.2 Å². The van der Waals surface area contributed by atoms with E-state index in [0.717, 1.165) is 6.71 Å². The van der Waals surface area contributed by atoms with Crippen molar-refractivity contribution in [3.63, 3.8) is 0 Å². The van der Waals surface area contributed by atoms with Crippen LogP contribution in [0.5, 0.6) is 0 Å². The van der Waals surface area contributed by atoms with Crippen LogP contribution in [-0.2, 0) is 0 Å². The summed E-state index contributed by atoms with van der Waals surface area (Å²) < 4.78 is 0. The molecule has 1 heteroatoms. The summed E-state index contributed by atoms with van der Waals surface area (Å²) in [6, 6.07) is 0. The maximum Gasteiger partial charge on any atom is 0.176 e. The highest BCUT2D eigenvalue weighted by Crippen LogP contribution is 2.54. The predicted octanol–water partition coefficient (Wildman–Crippen LogP) is 4.22. The molecule has 0 aliphatic carbocycles. The van der Waals surface area contributed by atoms with E-state index >= 15 is 0 Å². The molecular formula is C13H23B. The van der Waals surface area contributed by atoms with Crippen LogP contribution in [0.1, 0.15) is 34.6 Å². The molecule has 0 aromatic carbocycles. The summed E-state index contributed by atoms with van der Waals surface area (Å²) in [6.45, 7) is 16.3. The van der Waals surface area contributed by atoms with Gasteiger partial charge in [-0.2, -0.15) is 0 Å². The lowest BCUT2D eigenvalue weighted by Gasteiger charge is -2.35. The highest BCUT2D eigenvalue weighted by Gasteiger charge is 2.47. The van der Waals surface area contributed by atoms with Crippen LogP contribution in [0.15, 0.2) is 24.2 Å². The highest BCUT2D eigenvalue weighted by molar-refractivity contribution is 6.68. The minimum absolute atomic E-state index is 0.453. The van der Waals surface area contributed by atoms with E-state index in [0.29, 0.717) is 10.8 Å². The van der Waals surface area contributed by atoms with Gasteiger partial charge in [0.05, 0.1) is 0 Å². The molecule has 0 unspecified atom stereocenters. The average Bonchev–Trinajstić information content (AvgIpc) is 2.23. The second-order valence-corrected chi connectivity index (χ2v) is 5.87. The number of rotatable bonds is 2. The molecule has 78 valence electrons. The molecular weight excluding hydrogens is 167 g/mol. The van der Waals surface area contributed by atoms with Crippen molar-refractivity contribution in [1.82, 2.24) is 0 Å². The van der Waals surface area contributed by atoms with E-state index < -0.39 is 0 Å². The van der Waals surface area contributed by atoms with Gasteiger partial charge in [-0.1, -0.05) is 64.5 Å². The molecule has 0 nitrogen and oxygen atoms in total. The Morgan fingerprint density at radius 3 is 1.86 bits per heavy atom. The number of hydrogen-bond acceptors (Lipinski definition) is 0. The number of allylic oxidation sites excluding steroid dienone is 3. The van der Waals surface area contributed by atoms with Crippen molar-refractivity contribution in [2.45, 2.75) is 47.3 Å². The largest absolute Gasteiger partial charge is 0.176 e. The van der Waals surface area contributed by atoms with Crippen LogP contribution in [0, 0.1) is 10.8 Å². The van der Waals surface area contributed by atoms with Gasteiger partial charge in [0.1, 0.15) is 0 Å². The van der Waals surface area contributed by atoms with E-state index in [9.17, 15) is 0 Å². The summed E-state index contributed by atoms with van der Waals surface area (Å²) in [5, 5.41) is 0. The zero-order valence-corrected chi connectivity index (χ0v) is 10.4. The Bertz CT molecular complexity index is 242. The van der Waals surface area contributed by atoms with Gasteiger partial charge in [-0.15, -0.1) is 0 Å². The molecule has 1 rings (SSSR count). The Balaban J connectivity index is 2.88. The normalized spacial score (nSPS) is 25.2. The van der Waals surface area contributed by atoms with Crippen molar-refractivity contribution in [3.8, 4) is 0 Å². The first-order valence-corrected chi connectivity index (χ1v) is 5.63. The van der Waals surface area contributed by atoms with Gasteiger partial charge in [-0.25, -0.2) is 0 Å². The Hall–Kier alpha value is -0.455. The van der Waals surface area contributed by atoms with Gasteiger partial charge in [0, 0.05) is 0 Å². The minimum Gasteiger partial charge on any atom is -0.0996 e. The monoisotopic (exact) mass is 190 g/mol. The molecule has 1 fully saturated rings. The molecule has 14 heavy (non-hydrogen) atoms. The second-order valence-electron chi connectivity index (χ2n) is 5.87. The van der Waals surface area contributed by atoms with Crippen LogP contribution < -0.4 is 0 Å². The summed E-state index contributed by atoms with van der Waals surface area (Å²) >= 11 is 0. The third-order valence-corrected chi connectivity index (χ3v) is 4.39. The van der Waals surface area contributed by atoms with Gasteiger partial charge in [0.15, 0.2) is 6.71 Å². The first-order valence-electron chi connectivity index (χ1n) is 5.63. The molecule has 0 spiro atoms. The van der Waals surface area contributed by atoms with E-state index in [1.165, 1.54) is 18.1 Å². The molecule has 1 aliphatic heterocycles. The fraction of sp³-hybridized carbons (Fsp3) is 0.692. The first-order chi connectivity index (χ1) is 6.34. The van der Waals surface area contributed by atoms with Crippen LogP contribution >= 0.6 is 0 Å². The quantitative estimate of drug-likeness (QED) is 0.451. The lowest BCUT2D eigenvalue weighted by Crippen LogP contribution is -2.24. The summed E-state index contributed by atoms with van der Waals surface area (Å²) in [6.07, 6.45) is 6.84. The molecule has 0 aromatic heterocycles. The van der Waals surface area contributed by atoms with E-state index in [-0.39, 0.29) is 0 Å². The van der Waals surface area contributed by atoms with Gasteiger partial charge in [0.25, 0.3) is 0 Å². The predicted molar refractivity (Wildman–Crippen MR) is 66.9 cm³/mol. The Labute approximate surface area is 89.6 Å². The zero-order chi connectivity index (χ0) is 11.0. The van der Waals surface area contributed by atoms with E-state index in [2.05, 4.69) is 47.3 Å². The standard InChI is InChI=1S/C13H23B/c1-7-11(8-2)14-9-12(3,4)13(5,6)10-14/h7-8H,1,9-10H2,2-6H3/b11-8+. The summed E-state index contributed by atoms with van der Waals surface area (Å²) in [4.78, 5) is 0. The van der Waals surface area contributed by atoms with Crippen LogP contribution in [0.2, 0.25) is 12.6 Å². The molecule has 0 amide bonds. The van der Waals surface area contributed by atoms with E-state index in [1.807, 2.05) is 6.08 Å². The van der Waals surface area contributed by atoms with Gasteiger partial charge < -0.3 is 0 Å². The number of hydrogen-bond donors (Lipinski definition) is 0. The van der Waals surface area contributed by atoms with Crippen LogP contribution in [0.4, 0.5) is 0 Å². The molecule has 1 heterocycles. The van der Waals surface area contributed by atoms with E-state index in [4.69, 9.17) is 0 Å². The van der Waals surface area contributed by atoms with Crippen molar-refractivity contribution in [1.29, 1.82) is 0 Å². The Morgan fingerprint density at radius 1 is 1.14 bits per heavy atom. The third kappa shape index (κ3) is 1.82. The van der Waals surface area contributed by atoms with Gasteiger partial charge in [-0.05, 0) is 17.8 Å².